The van der Waals surface area contributed by atoms with Crippen molar-refractivity contribution in [3.05, 3.63) is 81.8 Å². The minimum absolute atomic E-state index is 0.0857. The van der Waals surface area contributed by atoms with Gasteiger partial charge in [0.1, 0.15) is 0 Å². The molecule has 0 spiro atoms. The first-order chi connectivity index (χ1) is 12.8. The summed E-state index contributed by atoms with van der Waals surface area (Å²) >= 11 is 0. The van der Waals surface area contributed by atoms with Crippen molar-refractivity contribution in [2.75, 3.05) is 5.32 Å². The van der Waals surface area contributed by atoms with Crippen LogP contribution in [0.4, 0.5) is 5.69 Å². The first-order valence-corrected chi connectivity index (χ1v) is 8.18. The van der Waals surface area contributed by atoms with Crippen molar-refractivity contribution in [3.8, 4) is 11.4 Å². The van der Waals surface area contributed by atoms with E-state index in [1.807, 2.05) is 13.0 Å². The number of ketones is 1. The summed E-state index contributed by atoms with van der Waals surface area (Å²) < 4.78 is 1.06. The summed E-state index contributed by atoms with van der Waals surface area (Å²) in [5.74, 6) is -1.27. The van der Waals surface area contributed by atoms with Crippen LogP contribution in [-0.4, -0.2) is 26.6 Å². The van der Waals surface area contributed by atoms with E-state index >= 15 is 0 Å². The fraction of sp³-hybridized carbons (Fsp3) is 0.100. The molecule has 1 amide bonds. The fourth-order valence-electron chi connectivity index (χ4n) is 2.53. The highest BCUT2D eigenvalue weighted by molar-refractivity contribution is 6.04. The lowest BCUT2D eigenvalue weighted by Gasteiger charge is -2.10. The van der Waals surface area contributed by atoms with E-state index in [1.165, 1.54) is 6.92 Å². The van der Waals surface area contributed by atoms with Crippen molar-refractivity contribution in [1.82, 2.24) is 9.78 Å². The largest absolute Gasteiger partial charge is 0.505 e. The monoisotopic (exact) mass is 363 g/mol. The Labute approximate surface area is 154 Å². The minimum Gasteiger partial charge on any atom is -0.505 e. The number of aryl methyl sites for hydroxylation is 1. The number of aromatic hydroxyl groups is 1. The Kier molecular flexibility index (Phi) is 4.85. The average molecular weight is 363 g/mol. The van der Waals surface area contributed by atoms with Crippen molar-refractivity contribution in [1.29, 1.82) is 0 Å². The molecule has 7 heteroatoms. The van der Waals surface area contributed by atoms with Gasteiger partial charge in [0.05, 0.1) is 5.69 Å². The minimum atomic E-state index is -0.676. The van der Waals surface area contributed by atoms with Crippen LogP contribution >= 0.6 is 0 Å². The Morgan fingerprint density at radius 3 is 2.41 bits per heavy atom. The number of hydrogen-bond donors (Lipinski definition) is 2. The highest BCUT2D eigenvalue weighted by Crippen LogP contribution is 2.16. The van der Waals surface area contributed by atoms with E-state index in [4.69, 9.17) is 0 Å². The van der Waals surface area contributed by atoms with E-state index in [0.29, 0.717) is 16.9 Å². The van der Waals surface area contributed by atoms with Crippen LogP contribution in [0.5, 0.6) is 5.75 Å². The van der Waals surface area contributed by atoms with E-state index in [0.717, 1.165) is 16.3 Å². The summed E-state index contributed by atoms with van der Waals surface area (Å²) in [6.45, 7) is 3.32. The summed E-state index contributed by atoms with van der Waals surface area (Å²) in [7, 11) is 0. The maximum absolute atomic E-state index is 12.5. The van der Waals surface area contributed by atoms with Gasteiger partial charge in [-0.15, -0.1) is 0 Å². The first-order valence-electron chi connectivity index (χ1n) is 8.18. The number of Topliss-reactive ketones (excluding diaryl/α,β-unsaturated/α-hetero) is 1. The van der Waals surface area contributed by atoms with Crippen LogP contribution in [0.2, 0.25) is 0 Å². The SMILES string of the molecule is CC(=O)c1ccc(NC(=O)c2nn(-c3cccc(C)c3)c(=O)cc2O)cc1. The molecule has 0 aliphatic heterocycles. The van der Waals surface area contributed by atoms with Crippen LogP contribution in [0.25, 0.3) is 5.69 Å². The zero-order valence-corrected chi connectivity index (χ0v) is 14.8. The highest BCUT2D eigenvalue weighted by Gasteiger charge is 2.17. The van der Waals surface area contributed by atoms with Crippen molar-refractivity contribution in [2.45, 2.75) is 13.8 Å². The second-order valence-electron chi connectivity index (χ2n) is 6.05. The smallest absolute Gasteiger partial charge is 0.279 e. The number of rotatable bonds is 4. The Balaban J connectivity index is 1.93. The molecule has 7 nitrogen and oxygen atoms in total. The van der Waals surface area contributed by atoms with Crippen LogP contribution in [0.3, 0.4) is 0 Å². The maximum Gasteiger partial charge on any atom is 0.279 e. The van der Waals surface area contributed by atoms with Crippen molar-refractivity contribution in [2.24, 2.45) is 0 Å². The lowest BCUT2D eigenvalue weighted by molar-refractivity contribution is 0.101. The van der Waals surface area contributed by atoms with Crippen LogP contribution in [-0.2, 0) is 0 Å². The molecule has 0 aliphatic rings. The third kappa shape index (κ3) is 3.92. The number of carbonyl (C=O) groups excluding carboxylic acids is 2. The standard InChI is InChI=1S/C20H17N3O4/c1-12-4-3-5-16(10-12)23-18(26)11-17(25)19(22-23)20(27)21-15-8-6-14(7-9-15)13(2)24/h3-11,25H,1-2H3,(H,21,27). The zero-order valence-electron chi connectivity index (χ0n) is 14.8. The summed E-state index contributed by atoms with van der Waals surface area (Å²) in [4.78, 5) is 36.0. The Morgan fingerprint density at radius 1 is 1.07 bits per heavy atom. The zero-order chi connectivity index (χ0) is 19.6. The summed E-state index contributed by atoms with van der Waals surface area (Å²) in [6.07, 6.45) is 0. The molecule has 0 saturated heterocycles. The van der Waals surface area contributed by atoms with E-state index in [9.17, 15) is 19.5 Å². The maximum atomic E-state index is 12.5. The van der Waals surface area contributed by atoms with Gasteiger partial charge in [-0.2, -0.15) is 9.78 Å². The topological polar surface area (TPSA) is 101 Å². The van der Waals surface area contributed by atoms with Gasteiger partial charge in [-0.25, -0.2) is 0 Å². The molecular formula is C20H17N3O4. The normalized spacial score (nSPS) is 10.4. The second kappa shape index (κ2) is 7.25. The number of carbonyl (C=O) groups is 2. The number of nitrogens with zero attached hydrogens (tertiary/aromatic N) is 2. The van der Waals surface area contributed by atoms with Crippen LogP contribution < -0.4 is 10.9 Å². The molecule has 0 fully saturated rings. The third-order valence-corrected chi connectivity index (χ3v) is 3.92. The number of amides is 1. The molecule has 2 N–H and O–H groups in total. The molecular weight excluding hydrogens is 346 g/mol. The molecule has 3 rings (SSSR count). The van der Waals surface area contributed by atoms with Crippen molar-refractivity contribution >= 4 is 17.4 Å². The average Bonchev–Trinajstić information content (AvgIpc) is 2.62. The Bertz CT molecular complexity index is 1090. The quantitative estimate of drug-likeness (QED) is 0.694. The Morgan fingerprint density at radius 2 is 1.78 bits per heavy atom. The molecule has 0 saturated carbocycles. The lowest BCUT2D eigenvalue weighted by Crippen LogP contribution is -2.25. The predicted octanol–water partition coefficient (Wildman–Crippen LogP) is 2.70. The number of benzene rings is 2. The summed E-state index contributed by atoms with van der Waals surface area (Å²) in [5.41, 5.74) is 1.51. The van der Waals surface area contributed by atoms with Gasteiger partial charge >= 0.3 is 0 Å². The highest BCUT2D eigenvalue weighted by atomic mass is 16.3. The molecule has 0 radical (unpaired) electrons. The molecule has 0 unspecified atom stereocenters. The fourth-order valence-corrected chi connectivity index (χ4v) is 2.53. The number of aromatic nitrogens is 2. The van der Waals surface area contributed by atoms with Crippen LogP contribution in [0, 0.1) is 6.92 Å². The molecule has 0 atom stereocenters. The number of nitrogens with one attached hydrogen (secondary N) is 1. The molecule has 1 aromatic heterocycles. The van der Waals surface area contributed by atoms with Crippen molar-refractivity contribution < 1.29 is 14.7 Å². The van der Waals surface area contributed by atoms with E-state index in [2.05, 4.69) is 10.4 Å². The molecule has 27 heavy (non-hydrogen) atoms. The van der Waals surface area contributed by atoms with Gasteiger partial charge in [-0.05, 0) is 55.8 Å². The van der Waals surface area contributed by atoms with Gasteiger partial charge in [-0.1, -0.05) is 12.1 Å². The lowest BCUT2D eigenvalue weighted by atomic mass is 10.1. The van der Waals surface area contributed by atoms with Gasteiger partial charge in [0.25, 0.3) is 11.5 Å². The molecule has 0 aliphatic carbocycles. The molecule has 0 bridgehead atoms. The number of hydrogen-bond acceptors (Lipinski definition) is 5. The van der Waals surface area contributed by atoms with E-state index in [1.54, 1.807) is 42.5 Å². The van der Waals surface area contributed by atoms with Gasteiger partial charge in [0, 0.05) is 17.3 Å². The van der Waals surface area contributed by atoms with E-state index in [-0.39, 0.29) is 11.5 Å². The van der Waals surface area contributed by atoms with Crippen LogP contribution in [0.15, 0.2) is 59.4 Å². The van der Waals surface area contributed by atoms with Gasteiger partial charge in [0.2, 0.25) is 0 Å². The van der Waals surface area contributed by atoms with Gasteiger partial charge < -0.3 is 10.4 Å². The summed E-state index contributed by atoms with van der Waals surface area (Å²) in [6, 6.07) is 14.3. The van der Waals surface area contributed by atoms with Gasteiger partial charge in [0.15, 0.2) is 17.2 Å². The first kappa shape index (κ1) is 18.1. The van der Waals surface area contributed by atoms with Crippen molar-refractivity contribution in [3.63, 3.8) is 0 Å². The Hall–Kier alpha value is -3.74. The summed E-state index contributed by atoms with van der Waals surface area (Å²) in [5, 5.41) is 16.6. The molecule has 3 aromatic rings. The number of anilines is 1. The third-order valence-electron chi connectivity index (χ3n) is 3.92. The molecule has 2 aromatic carbocycles. The van der Waals surface area contributed by atoms with Crippen LogP contribution in [0.1, 0.15) is 33.3 Å². The van der Waals surface area contributed by atoms with Gasteiger partial charge in [-0.3, -0.25) is 14.4 Å². The molecule has 136 valence electrons. The second-order valence-corrected chi connectivity index (χ2v) is 6.05. The van der Waals surface area contributed by atoms with E-state index < -0.39 is 17.2 Å². The predicted molar refractivity (Wildman–Crippen MR) is 101 cm³/mol. The molecule has 1 heterocycles.